The molecule has 0 saturated carbocycles. The van der Waals surface area contributed by atoms with Gasteiger partial charge in [-0.15, -0.1) is 11.3 Å². The number of H-pyrrole nitrogens is 1. The summed E-state index contributed by atoms with van der Waals surface area (Å²) in [7, 11) is 0. The first-order valence-electron chi connectivity index (χ1n) is 10.1. The highest BCUT2D eigenvalue weighted by atomic mass is 32.1. The van der Waals surface area contributed by atoms with Crippen molar-refractivity contribution < 1.29 is 18.7 Å². The Bertz CT molecular complexity index is 1300. The second kappa shape index (κ2) is 8.05. The lowest BCUT2D eigenvalue weighted by Gasteiger charge is -2.27. The quantitative estimate of drug-likeness (QED) is 0.427. The number of carbonyl (C=O) groups is 2. The number of esters is 1. The van der Waals surface area contributed by atoms with Crippen LogP contribution in [-0.4, -0.2) is 28.7 Å². The molecule has 32 heavy (non-hydrogen) atoms. The maximum absolute atomic E-state index is 15.0. The van der Waals surface area contributed by atoms with Gasteiger partial charge >= 0.3 is 5.97 Å². The molecule has 6 nitrogen and oxygen atoms in total. The van der Waals surface area contributed by atoms with Gasteiger partial charge < -0.3 is 4.74 Å². The van der Waals surface area contributed by atoms with Gasteiger partial charge in [-0.2, -0.15) is 5.10 Å². The van der Waals surface area contributed by atoms with Crippen molar-refractivity contribution in [3.8, 4) is 10.6 Å². The standard InChI is InChI=1S/C24H18FN3O3S/c1-2-31-24(30)14-9-11-15(12-10-14)28-22(16-6-3-4-7-17(16)25)19-20(18-8-5-13-32-18)26-27-21(19)23(28)29/h3-13,22H,2H2,1H3,(H,26,27). The molecule has 0 saturated heterocycles. The zero-order chi connectivity index (χ0) is 22.2. The van der Waals surface area contributed by atoms with Gasteiger partial charge in [0.25, 0.3) is 5.91 Å². The van der Waals surface area contributed by atoms with Crippen LogP contribution in [0.15, 0.2) is 66.0 Å². The van der Waals surface area contributed by atoms with E-state index in [1.807, 2.05) is 17.5 Å². The molecule has 3 heterocycles. The number of hydrogen-bond donors (Lipinski definition) is 1. The van der Waals surface area contributed by atoms with Crippen molar-refractivity contribution in [3.05, 3.63) is 94.2 Å². The number of hydrogen-bond acceptors (Lipinski definition) is 5. The first-order valence-corrected chi connectivity index (χ1v) is 11.0. The molecule has 1 aliphatic rings. The molecule has 8 heteroatoms. The van der Waals surface area contributed by atoms with Crippen molar-refractivity contribution in [1.82, 2.24) is 10.2 Å². The molecule has 0 radical (unpaired) electrons. The Morgan fingerprint density at radius 1 is 1.16 bits per heavy atom. The molecular weight excluding hydrogens is 429 g/mol. The molecule has 4 aromatic rings. The van der Waals surface area contributed by atoms with Crippen LogP contribution in [0, 0.1) is 5.82 Å². The maximum Gasteiger partial charge on any atom is 0.338 e. The molecule has 2 aromatic heterocycles. The fraction of sp³-hybridized carbons (Fsp3) is 0.125. The van der Waals surface area contributed by atoms with Crippen molar-refractivity contribution in [2.75, 3.05) is 11.5 Å². The lowest BCUT2D eigenvalue weighted by molar-refractivity contribution is 0.0526. The van der Waals surface area contributed by atoms with Crippen LogP contribution in [0.5, 0.6) is 0 Å². The third-order valence-electron chi connectivity index (χ3n) is 5.38. The third-order valence-corrected chi connectivity index (χ3v) is 6.27. The molecule has 1 amide bonds. The largest absolute Gasteiger partial charge is 0.462 e. The number of anilines is 1. The Morgan fingerprint density at radius 3 is 2.62 bits per heavy atom. The van der Waals surface area contributed by atoms with E-state index in [0.717, 1.165) is 4.88 Å². The van der Waals surface area contributed by atoms with Gasteiger partial charge in [0.05, 0.1) is 28.8 Å². The van der Waals surface area contributed by atoms with E-state index >= 15 is 0 Å². The molecule has 0 fully saturated rings. The van der Waals surface area contributed by atoms with E-state index in [0.29, 0.717) is 28.1 Å². The van der Waals surface area contributed by atoms with Crippen LogP contribution in [0.1, 0.15) is 44.9 Å². The zero-order valence-electron chi connectivity index (χ0n) is 17.0. The predicted molar refractivity (Wildman–Crippen MR) is 119 cm³/mol. The van der Waals surface area contributed by atoms with Crippen LogP contribution in [0.2, 0.25) is 0 Å². The van der Waals surface area contributed by atoms with Crippen molar-refractivity contribution >= 4 is 28.9 Å². The molecule has 0 spiro atoms. The molecule has 1 atom stereocenters. The van der Waals surface area contributed by atoms with Gasteiger partial charge in [-0.05, 0) is 48.7 Å². The topological polar surface area (TPSA) is 75.3 Å². The number of thiophene rings is 1. The number of halogens is 1. The molecule has 5 rings (SSSR count). The lowest BCUT2D eigenvalue weighted by Crippen LogP contribution is -2.29. The Kier molecular flexibility index (Phi) is 5.07. The summed E-state index contributed by atoms with van der Waals surface area (Å²) in [5.41, 5.74) is 2.87. The van der Waals surface area contributed by atoms with Gasteiger partial charge in [0.1, 0.15) is 5.82 Å². The number of benzene rings is 2. The third kappa shape index (κ3) is 3.20. The molecular formula is C24H18FN3O3S. The number of ether oxygens (including phenoxy) is 1. The van der Waals surface area contributed by atoms with E-state index in [-0.39, 0.29) is 18.2 Å². The number of carbonyl (C=O) groups excluding carboxylic acids is 2. The SMILES string of the molecule is CCOC(=O)c1ccc(N2C(=O)c3n[nH]c(-c4cccs4)c3C2c2ccccc2F)cc1. The number of fused-ring (bicyclic) bond motifs is 1. The molecule has 1 aliphatic heterocycles. The number of aromatic nitrogens is 2. The number of amides is 1. The van der Waals surface area contributed by atoms with Crippen molar-refractivity contribution in [2.45, 2.75) is 13.0 Å². The van der Waals surface area contributed by atoms with Crippen LogP contribution < -0.4 is 4.90 Å². The van der Waals surface area contributed by atoms with Gasteiger partial charge in [-0.3, -0.25) is 14.8 Å². The van der Waals surface area contributed by atoms with E-state index in [2.05, 4.69) is 10.2 Å². The van der Waals surface area contributed by atoms with Crippen LogP contribution in [0.3, 0.4) is 0 Å². The summed E-state index contributed by atoms with van der Waals surface area (Å²) in [4.78, 5) is 27.9. The lowest BCUT2D eigenvalue weighted by atomic mass is 9.97. The Morgan fingerprint density at radius 2 is 1.94 bits per heavy atom. The van der Waals surface area contributed by atoms with Gasteiger partial charge in [0.2, 0.25) is 0 Å². The molecule has 1 unspecified atom stereocenters. The van der Waals surface area contributed by atoms with Gasteiger partial charge in [0, 0.05) is 16.8 Å². The summed E-state index contributed by atoms with van der Waals surface area (Å²) >= 11 is 1.51. The number of rotatable bonds is 5. The minimum Gasteiger partial charge on any atom is -0.462 e. The minimum absolute atomic E-state index is 0.260. The van der Waals surface area contributed by atoms with E-state index < -0.39 is 17.8 Å². The second-order valence-corrected chi connectivity index (χ2v) is 8.15. The average Bonchev–Trinajstić information content (AvgIpc) is 3.52. The monoisotopic (exact) mass is 447 g/mol. The normalized spacial score (nSPS) is 15.1. The average molecular weight is 447 g/mol. The molecule has 1 N–H and O–H groups in total. The smallest absolute Gasteiger partial charge is 0.338 e. The Labute approximate surface area is 187 Å². The van der Waals surface area contributed by atoms with Crippen molar-refractivity contribution in [3.63, 3.8) is 0 Å². The number of aromatic amines is 1. The highest BCUT2D eigenvalue weighted by Gasteiger charge is 2.44. The molecule has 0 aliphatic carbocycles. The van der Waals surface area contributed by atoms with Crippen LogP contribution in [0.4, 0.5) is 10.1 Å². The zero-order valence-corrected chi connectivity index (χ0v) is 17.9. The highest BCUT2D eigenvalue weighted by Crippen LogP contribution is 2.46. The molecule has 0 bridgehead atoms. The minimum atomic E-state index is -0.706. The first-order chi connectivity index (χ1) is 15.6. The fourth-order valence-corrected chi connectivity index (χ4v) is 4.71. The van der Waals surface area contributed by atoms with E-state index in [9.17, 15) is 14.0 Å². The van der Waals surface area contributed by atoms with Gasteiger partial charge in [-0.1, -0.05) is 24.3 Å². The van der Waals surface area contributed by atoms with Crippen LogP contribution in [0.25, 0.3) is 10.6 Å². The predicted octanol–water partition coefficient (Wildman–Crippen LogP) is 5.20. The Hall–Kier alpha value is -3.78. The first kappa shape index (κ1) is 20.1. The van der Waals surface area contributed by atoms with Gasteiger partial charge in [-0.25, -0.2) is 9.18 Å². The van der Waals surface area contributed by atoms with Crippen LogP contribution >= 0.6 is 11.3 Å². The Balaban J connectivity index is 1.65. The fourth-order valence-electron chi connectivity index (χ4n) is 3.98. The number of nitrogens with zero attached hydrogens (tertiary/aromatic N) is 2. The molecule has 160 valence electrons. The maximum atomic E-state index is 15.0. The summed E-state index contributed by atoms with van der Waals surface area (Å²) in [6.07, 6.45) is 0. The summed E-state index contributed by atoms with van der Waals surface area (Å²) in [6, 6.07) is 16.1. The van der Waals surface area contributed by atoms with Crippen molar-refractivity contribution in [1.29, 1.82) is 0 Å². The van der Waals surface area contributed by atoms with E-state index in [1.54, 1.807) is 49.4 Å². The second-order valence-electron chi connectivity index (χ2n) is 7.20. The highest BCUT2D eigenvalue weighted by molar-refractivity contribution is 7.13. The van der Waals surface area contributed by atoms with Crippen molar-refractivity contribution in [2.24, 2.45) is 0 Å². The summed E-state index contributed by atoms with van der Waals surface area (Å²) < 4.78 is 20.0. The summed E-state index contributed by atoms with van der Waals surface area (Å²) in [6.45, 7) is 2.01. The summed E-state index contributed by atoms with van der Waals surface area (Å²) in [5, 5.41) is 9.18. The van der Waals surface area contributed by atoms with E-state index in [4.69, 9.17) is 4.74 Å². The summed E-state index contributed by atoms with van der Waals surface area (Å²) in [5.74, 6) is -1.19. The van der Waals surface area contributed by atoms with Crippen LogP contribution in [-0.2, 0) is 4.74 Å². The van der Waals surface area contributed by atoms with E-state index in [1.165, 1.54) is 22.3 Å². The van der Waals surface area contributed by atoms with Gasteiger partial charge in [0.15, 0.2) is 5.69 Å². The number of nitrogens with one attached hydrogen (secondary N) is 1. The molecule has 2 aromatic carbocycles.